The van der Waals surface area contributed by atoms with Gasteiger partial charge in [0.05, 0.1) is 6.10 Å². The molecule has 1 nitrogen and oxygen atoms in total. The number of aliphatic hydroxyl groups is 1. The summed E-state index contributed by atoms with van der Waals surface area (Å²) in [5.41, 5.74) is 1.48. The van der Waals surface area contributed by atoms with Gasteiger partial charge in [0.15, 0.2) is 0 Å². The van der Waals surface area contributed by atoms with Crippen LogP contribution in [0.15, 0.2) is 6.07 Å². The van der Waals surface area contributed by atoms with Crippen molar-refractivity contribution >= 4 is 11.3 Å². The van der Waals surface area contributed by atoms with Crippen LogP contribution < -0.4 is 0 Å². The average Bonchev–Trinajstić information content (AvgIpc) is 2.70. The van der Waals surface area contributed by atoms with Gasteiger partial charge in [-0.2, -0.15) is 0 Å². The van der Waals surface area contributed by atoms with Crippen molar-refractivity contribution in [1.29, 1.82) is 0 Å². The average molecular weight is 262 g/mol. The highest BCUT2D eigenvalue weighted by atomic mass is 32.1. The van der Waals surface area contributed by atoms with Crippen molar-refractivity contribution in [1.82, 2.24) is 0 Å². The second-order valence-corrected chi connectivity index (χ2v) is 7.24. The van der Waals surface area contributed by atoms with Crippen LogP contribution in [-0.2, 0) is 12.8 Å². The Balaban J connectivity index is 2.02. The van der Waals surface area contributed by atoms with Crippen LogP contribution in [0.5, 0.6) is 0 Å². The van der Waals surface area contributed by atoms with E-state index in [1.54, 1.807) is 11.3 Å². The molecule has 1 unspecified atom stereocenters. The van der Waals surface area contributed by atoms with Crippen LogP contribution in [0.3, 0.4) is 0 Å². The Labute approximate surface area is 114 Å². The summed E-state index contributed by atoms with van der Waals surface area (Å²) in [7, 11) is 0. The molecule has 1 aromatic heterocycles. The summed E-state index contributed by atoms with van der Waals surface area (Å²) >= 11 is 1.78. The Hall–Kier alpha value is -0.780. The van der Waals surface area contributed by atoms with Gasteiger partial charge >= 0.3 is 0 Å². The summed E-state index contributed by atoms with van der Waals surface area (Å²) in [5, 5.41) is 10.2. The monoisotopic (exact) mass is 262 g/mol. The van der Waals surface area contributed by atoms with Crippen LogP contribution in [0.1, 0.15) is 61.5 Å². The number of hydrogen-bond donors (Lipinski definition) is 1. The van der Waals surface area contributed by atoms with E-state index in [1.165, 1.54) is 36.1 Å². The third-order valence-corrected chi connectivity index (χ3v) is 4.44. The molecular weight excluding hydrogens is 240 g/mol. The maximum Gasteiger partial charge on any atom is 0.0990 e. The Bertz CT molecular complexity index is 444. The molecule has 1 atom stereocenters. The molecule has 0 spiro atoms. The predicted molar refractivity (Wildman–Crippen MR) is 77.8 cm³/mol. The normalized spacial score (nSPS) is 16.7. The van der Waals surface area contributed by atoms with Crippen molar-refractivity contribution in [2.24, 2.45) is 5.41 Å². The molecule has 1 aromatic rings. The smallest absolute Gasteiger partial charge is 0.0990 e. The molecule has 1 aliphatic carbocycles. The van der Waals surface area contributed by atoms with Gasteiger partial charge in [-0.25, -0.2) is 0 Å². The molecule has 0 aromatic carbocycles. The lowest BCUT2D eigenvalue weighted by molar-refractivity contribution is 0.187. The molecule has 2 heteroatoms. The van der Waals surface area contributed by atoms with Gasteiger partial charge < -0.3 is 5.11 Å². The number of rotatable bonds is 2. The minimum atomic E-state index is -0.407. The van der Waals surface area contributed by atoms with E-state index in [9.17, 15) is 5.11 Å². The van der Waals surface area contributed by atoms with Crippen molar-refractivity contribution < 1.29 is 5.11 Å². The first-order valence-corrected chi connectivity index (χ1v) is 7.57. The molecule has 0 aliphatic heterocycles. The maximum atomic E-state index is 10.2. The molecule has 0 fully saturated rings. The maximum absolute atomic E-state index is 10.2. The third-order valence-electron chi connectivity index (χ3n) is 3.10. The van der Waals surface area contributed by atoms with Crippen molar-refractivity contribution in [3.05, 3.63) is 21.4 Å². The van der Waals surface area contributed by atoms with E-state index < -0.39 is 6.10 Å². The van der Waals surface area contributed by atoms with Crippen LogP contribution in [0, 0.1) is 17.3 Å². The largest absolute Gasteiger partial charge is 0.387 e. The number of hydrogen-bond acceptors (Lipinski definition) is 2. The topological polar surface area (TPSA) is 20.2 Å². The van der Waals surface area contributed by atoms with E-state index in [1.807, 2.05) is 0 Å². The summed E-state index contributed by atoms with van der Waals surface area (Å²) < 4.78 is 0. The zero-order valence-corrected chi connectivity index (χ0v) is 12.4. The Morgan fingerprint density at radius 1 is 1.33 bits per heavy atom. The number of fused-ring (bicyclic) bond motifs is 1. The van der Waals surface area contributed by atoms with E-state index in [4.69, 9.17) is 0 Å². The fourth-order valence-electron chi connectivity index (χ4n) is 2.19. The SMILES string of the molecule is CC(C)(C)C#CCC(O)c1cc2c(s1)CCCC2. The molecule has 0 bridgehead atoms. The highest BCUT2D eigenvalue weighted by Gasteiger charge is 2.17. The first-order valence-electron chi connectivity index (χ1n) is 6.75. The molecule has 0 amide bonds. The van der Waals surface area contributed by atoms with Gasteiger partial charge in [-0.3, -0.25) is 0 Å². The van der Waals surface area contributed by atoms with E-state index in [2.05, 4.69) is 38.7 Å². The zero-order valence-electron chi connectivity index (χ0n) is 11.5. The molecule has 0 radical (unpaired) electrons. The highest BCUT2D eigenvalue weighted by molar-refractivity contribution is 7.12. The minimum Gasteiger partial charge on any atom is -0.387 e. The van der Waals surface area contributed by atoms with Crippen molar-refractivity contribution in [3.8, 4) is 11.8 Å². The highest BCUT2D eigenvalue weighted by Crippen LogP contribution is 2.33. The second-order valence-electron chi connectivity index (χ2n) is 6.08. The fraction of sp³-hybridized carbons (Fsp3) is 0.625. The number of aliphatic hydroxyl groups excluding tert-OH is 1. The molecular formula is C16H22OS. The van der Waals surface area contributed by atoms with E-state index in [-0.39, 0.29) is 5.41 Å². The second kappa shape index (κ2) is 5.47. The predicted octanol–water partition coefficient (Wildman–Crippen LogP) is 4.10. The van der Waals surface area contributed by atoms with Gasteiger partial charge in [-0.05, 0) is 58.1 Å². The van der Waals surface area contributed by atoms with Crippen molar-refractivity contribution in [2.45, 2.75) is 59.0 Å². The number of thiophene rings is 1. The van der Waals surface area contributed by atoms with Gasteiger partial charge in [0.1, 0.15) is 0 Å². The Morgan fingerprint density at radius 3 is 2.72 bits per heavy atom. The van der Waals surface area contributed by atoms with Gasteiger partial charge in [0, 0.05) is 21.6 Å². The number of aryl methyl sites for hydroxylation is 2. The van der Waals surface area contributed by atoms with Crippen molar-refractivity contribution in [3.63, 3.8) is 0 Å². The molecule has 0 saturated carbocycles. The van der Waals surface area contributed by atoms with E-state index >= 15 is 0 Å². The van der Waals surface area contributed by atoms with Gasteiger partial charge in [0.2, 0.25) is 0 Å². The quantitative estimate of drug-likeness (QED) is 0.796. The van der Waals surface area contributed by atoms with Crippen molar-refractivity contribution in [2.75, 3.05) is 0 Å². The van der Waals surface area contributed by atoms with Gasteiger partial charge in [0.25, 0.3) is 0 Å². The van der Waals surface area contributed by atoms with Crippen LogP contribution >= 0.6 is 11.3 Å². The van der Waals surface area contributed by atoms with E-state index in [0.29, 0.717) is 6.42 Å². The van der Waals surface area contributed by atoms with Crippen LogP contribution in [0.4, 0.5) is 0 Å². The Kier molecular flexibility index (Phi) is 4.14. The summed E-state index contributed by atoms with van der Waals surface area (Å²) in [4.78, 5) is 2.59. The molecule has 1 N–H and O–H groups in total. The first kappa shape index (κ1) is 13.6. The van der Waals surface area contributed by atoms with Crippen LogP contribution in [0.2, 0.25) is 0 Å². The first-order chi connectivity index (χ1) is 8.46. The minimum absolute atomic E-state index is 0.0222. The molecule has 18 heavy (non-hydrogen) atoms. The zero-order chi connectivity index (χ0) is 13.2. The summed E-state index contributed by atoms with van der Waals surface area (Å²) in [5.74, 6) is 6.29. The van der Waals surface area contributed by atoms with Gasteiger partial charge in [-0.15, -0.1) is 11.3 Å². The molecule has 1 heterocycles. The molecule has 2 rings (SSSR count). The molecule has 98 valence electrons. The van der Waals surface area contributed by atoms with Crippen LogP contribution in [-0.4, -0.2) is 5.11 Å². The standard InChI is InChI=1S/C16H22OS/c1-16(2,3)10-6-8-13(17)15-11-12-7-4-5-9-14(12)18-15/h11,13,17H,4-5,7-9H2,1-3H3. The molecule has 0 saturated heterocycles. The lowest BCUT2D eigenvalue weighted by atomic mass is 9.97. The summed E-state index contributed by atoms with van der Waals surface area (Å²) in [6.45, 7) is 6.28. The summed E-state index contributed by atoms with van der Waals surface area (Å²) in [6.07, 6.45) is 5.12. The lowest BCUT2D eigenvalue weighted by Gasteiger charge is -2.08. The van der Waals surface area contributed by atoms with Crippen LogP contribution in [0.25, 0.3) is 0 Å². The fourth-order valence-corrected chi connectivity index (χ4v) is 3.43. The Morgan fingerprint density at radius 2 is 2.06 bits per heavy atom. The van der Waals surface area contributed by atoms with E-state index in [0.717, 1.165) is 4.88 Å². The third kappa shape index (κ3) is 3.60. The van der Waals surface area contributed by atoms with Gasteiger partial charge in [-0.1, -0.05) is 11.8 Å². The summed E-state index contributed by atoms with van der Waals surface area (Å²) in [6, 6.07) is 2.20. The lowest BCUT2D eigenvalue weighted by Crippen LogP contribution is -2.00. The molecule has 1 aliphatic rings.